The van der Waals surface area contributed by atoms with Gasteiger partial charge in [0.15, 0.2) is 5.76 Å². The van der Waals surface area contributed by atoms with Crippen LogP contribution in [-0.2, 0) is 23.1 Å². The summed E-state index contributed by atoms with van der Waals surface area (Å²) >= 11 is 9.09. The predicted molar refractivity (Wildman–Crippen MR) is 193 cm³/mol. The van der Waals surface area contributed by atoms with Crippen LogP contribution in [0.3, 0.4) is 0 Å². The van der Waals surface area contributed by atoms with Gasteiger partial charge in [0.05, 0.1) is 16.7 Å². The Kier molecular flexibility index (Phi) is 11.5. The molecule has 0 atom stereocenters. The number of alkyl carbamates (subject to hydrolysis) is 1. The number of carbonyl (C=O) groups is 2. The van der Waals surface area contributed by atoms with E-state index < -0.39 is 31.8 Å². The monoisotopic (exact) mass is 763 g/mol. The van der Waals surface area contributed by atoms with Crippen molar-refractivity contribution in [2.24, 2.45) is 0 Å². The Morgan fingerprint density at radius 2 is 1.53 bits per heavy atom. The van der Waals surface area contributed by atoms with Crippen molar-refractivity contribution in [2.45, 2.75) is 52.2 Å². The summed E-state index contributed by atoms with van der Waals surface area (Å²) in [6.07, 6.45) is -2.01. The van der Waals surface area contributed by atoms with Crippen LogP contribution in [0.15, 0.2) is 81.7 Å². The number of anilines is 1. The van der Waals surface area contributed by atoms with Gasteiger partial charge >= 0.3 is 13.7 Å². The highest BCUT2D eigenvalue weighted by molar-refractivity contribution is 9.10. The molecule has 3 aromatic carbocycles. The van der Waals surface area contributed by atoms with E-state index in [0.717, 1.165) is 26.7 Å². The number of nitrogens with zero attached hydrogens (tertiary/aromatic N) is 1. The highest BCUT2D eigenvalue weighted by Gasteiger charge is 2.38. The fourth-order valence-corrected chi connectivity index (χ4v) is 8.48. The summed E-state index contributed by atoms with van der Waals surface area (Å²) in [6, 6.07) is 25.0. The Morgan fingerprint density at radius 3 is 2.08 bits per heavy atom. The topological polar surface area (TPSA) is 140 Å². The molecule has 254 valence electrons. The van der Waals surface area contributed by atoms with Gasteiger partial charge in [-0.1, -0.05) is 88.8 Å². The Morgan fingerprint density at radius 1 is 0.959 bits per heavy atom. The van der Waals surface area contributed by atoms with Gasteiger partial charge in [-0.2, -0.15) is 5.26 Å². The van der Waals surface area contributed by atoms with E-state index in [1.165, 1.54) is 0 Å². The number of fused-ring (bicyclic) bond motifs is 3. The molecule has 0 aliphatic heterocycles. The van der Waals surface area contributed by atoms with E-state index in [4.69, 9.17) is 30.4 Å². The van der Waals surface area contributed by atoms with E-state index in [-0.39, 0.29) is 52.5 Å². The molecule has 13 heteroatoms. The van der Waals surface area contributed by atoms with Gasteiger partial charge in [-0.3, -0.25) is 14.7 Å². The zero-order chi connectivity index (χ0) is 35.3. The van der Waals surface area contributed by atoms with E-state index in [9.17, 15) is 19.4 Å². The molecule has 0 fully saturated rings. The van der Waals surface area contributed by atoms with Gasteiger partial charge in [0, 0.05) is 28.9 Å². The number of rotatable bonds is 12. The van der Waals surface area contributed by atoms with Crippen LogP contribution in [0.4, 0.5) is 10.7 Å². The first-order valence-corrected chi connectivity index (χ1v) is 18.4. The van der Waals surface area contributed by atoms with E-state index >= 15 is 0 Å². The average molecular weight is 765 g/mol. The van der Waals surface area contributed by atoms with Gasteiger partial charge in [0.2, 0.25) is 11.8 Å². The molecular formula is C36H35BrN3O7PS. The summed E-state index contributed by atoms with van der Waals surface area (Å²) in [5.41, 5.74) is 4.83. The summed E-state index contributed by atoms with van der Waals surface area (Å²) < 4.78 is 38.3. The fourth-order valence-electron chi connectivity index (χ4n) is 5.57. The third-order valence-electron chi connectivity index (χ3n) is 7.50. The number of hydrogen-bond donors (Lipinski definition) is 2. The van der Waals surface area contributed by atoms with Gasteiger partial charge in [0.25, 0.3) is 0 Å². The maximum Gasteiger partial charge on any atom is 0.407 e. The second kappa shape index (κ2) is 15.6. The van der Waals surface area contributed by atoms with Gasteiger partial charge in [-0.25, -0.2) is 4.79 Å². The number of hydrogen-bond acceptors (Lipinski definition) is 9. The number of nitriles is 1. The van der Waals surface area contributed by atoms with Crippen LogP contribution in [0.1, 0.15) is 56.7 Å². The fraction of sp³-hybridized carbons (Fsp3) is 0.278. The summed E-state index contributed by atoms with van der Waals surface area (Å²) in [5, 5.41) is 15.1. The molecule has 4 aromatic rings. The maximum absolute atomic E-state index is 14.3. The molecule has 1 aliphatic rings. The number of ether oxygens (including phenoxy) is 1. The molecular weight excluding hydrogens is 729 g/mol. The van der Waals surface area contributed by atoms with Crippen LogP contribution in [0.25, 0.3) is 22.5 Å². The molecule has 1 heterocycles. The standard InChI is InChI=1S/C36H35BrN3O7PS/c1-21(2)46-48(43,47-22(3)4)33-34(49)29(19-38)32(23-13-15-24(37)16-14-23)45-35(33)40-31(41)17-18-39-36(42)44-20-30-27-11-7-5-9-25(27)26-10-6-8-12-28(26)30/h5-16,21-22,30H,17-18,20H2,1-4H3,(H,39,42)(H,40,41). The second-order valence-corrected chi connectivity index (χ2v) is 15.0. The third-order valence-corrected chi connectivity index (χ3v) is 11.0. The van der Waals surface area contributed by atoms with Crippen LogP contribution in [-0.4, -0.2) is 37.4 Å². The maximum atomic E-state index is 14.3. The van der Waals surface area contributed by atoms with Crippen molar-refractivity contribution in [3.8, 4) is 28.5 Å². The smallest absolute Gasteiger partial charge is 0.407 e. The molecule has 0 saturated carbocycles. The first-order chi connectivity index (χ1) is 23.4. The molecule has 0 unspecified atom stereocenters. The molecule has 1 aliphatic carbocycles. The number of nitrogens with one attached hydrogen (secondary N) is 2. The minimum atomic E-state index is -4.24. The van der Waals surface area contributed by atoms with Crippen LogP contribution in [0.5, 0.6) is 0 Å². The van der Waals surface area contributed by atoms with Crippen LogP contribution in [0, 0.1) is 15.8 Å². The largest absolute Gasteiger partial charge is 0.449 e. The Hall–Kier alpha value is -4.11. The lowest BCUT2D eigenvalue weighted by Gasteiger charge is -2.25. The van der Waals surface area contributed by atoms with Gasteiger partial charge in [-0.15, -0.1) is 0 Å². The predicted octanol–water partition coefficient (Wildman–Crippen LogP) is 8.85. The Balaban J connectivity index is 1.34. The van der Waals surface area contributed by atoms with Crippen molar-refractivity contribution >= 4 is 58.9 Å². The molecule has 0 spiro atoms. The molecule has 2 N–H and O–H groups in total. The normalized spacial score (nSPS) is 12.4. The Bertz CT molecular complexity index is 1970. The van der Waals surface area contributed by atoms with Gasteiger partial charge in [-0.05, 0) is 62.1 Å². The zero-order valence-electron chi connectivity index (χ0n) is 27.3. The van der Waals surface area contributed by atoms with Crippen molar-refractivity contribution < 1.29 is 32.4 Å². The molecule has 49 heavy (non-hydrogen) atoms. The first kappa shape index (κ1) is 36.2. The molecule has 0 bridgehead atoms. The van der Waals surface area contributed by atoms with Crippen LogP contribution < -0.4 is 15.9 Å². The lowest BCUT2D eigenvalue weighted by atomic mass is 9.98. The zero-order valence-corrected chi connectivity index (χ0v) is 30.6. The third kappa shape index (κ3) is 8.20. The van der Waals surface area contributed by atoms with Crippen molar-refractivity contribution in [3.05, 3.63) is 98.5 Å². The van der Waals surface area contributed by atoms with E-state index in [1.807, 2.05) is 36.4 Å². The van der Waals surface area contributed by atoms with E-state index in [1.54, 1.807) is 52.0 Å². The van der Waals surface area contributed by atoms with Gasteiger partial charge < -0.3 is 23.5 Å². The summed E-state index contributed by atoms with van der Waals surface area (Å²) in [6.45, 7) is 6.74. The number of amides is 2. The molecule has 1 aromatic heterocycles. The van der Waals surface area contributed by atoms with Crippen molar-refractivity contribution in [1.82, 2.24) is 5.32 Å². The SMILES string of the molecule is CC(C)OP(=O)(OC(C)C)c1c(NC(=O)CCNC(=O)OCC2c3ccccc3-c3ccccc32)oc(-c2ccc(Br)cc2)c(C#N)c1=S. The van der Waals surface area contributed by atoms with E-state index in [2.05, 4.69) is 44.8 Å². The van der Waals surface area contributed by atoms with E-state index in [0.29, 0.717) is 5.56 Å². The molecule has 2 amide bonds. The van der Waals surface area contributed by atoms with Crippen molar-refractivity contribution in [3.63, 3.8) is 0 Å². The lowest BCUT2D eigenvalue weighted by Crippen LogP contribution is -2.30. The molecule has 5 rings (SSSR count). The molecule has 0 radical (unpaired) electrons. The molecule has 0 saturated heterocycles. The second-order valence-electron chi connectivity index (χ2n) is 11.8. The van der Waals surface area contributed by atoms with Crippen molar-refractivity contribution in [1.29, 1.82) is 5.26 Å². The summed E-state index contributed by atoms with van der Waals surface area (Å²) in [7, 11) is -4.24. The average Bonchev–Trinajstić information content (AvgIpc) is 3.36. The highest BCUT2D eigenvalue weighted by Crippen LogP contribution is 2.52. The lowest BCUT2D eigenvalue weighted by molar-refractivity contribution is -0.116. The van der Waals surface area contributed by atoms with Crippen LogP contribution >= 0.6 is 35.7 Å². The highest BCUT2D eigenvalue weighted by atomic mass is 79.9. The summed E-state index contributed by atoms with van der Waals surface area (Å²) in [5.74, 6) is -0.915. The first-order valence-electron chi connectivity index (χ1n) is 15.6. The minimum Gasteiger partial charge on any atom is -0.449 e. The van der Waals surface area contributed by atoms with Gasteiger partial charge in [0.1, 0.15) is 23.5 Å². The number of benzene rings is 3. The van der Waals surface area contributed by atoms with Crippen LogP contribution in [0.2, 0.25) is 0 Å². The minimum absolute atomic E-state index is 0.0662. The Labute approximate surface area is 298 Å². The number of halogens is 1. The summed E-state index contributed by atoms with van der Waals surface area (Å²) in [4.78, 5) is 26.0. The number of carbonyl (C=O) groups excluding carboxylic acids is 2. The quantitative estimate of drug-likeness (QED) is 0.107. The molecule has 10 nitrogen and oxygen atoms in total. The van der Waals surface area contributed by atoms with Crippen molar-refractivity contribution in [2.75, 3.05) is 18.5 Å².